The molecule has 0 radical (unpaired) electrons. The average molecular weight is 712 g/mol. The van der Waals surface area contributed by atoms with Gasteiger partial charge in [0, 0.05) is 13.1 Å². The predicted molar refractivity (Wildman–Crippen MR) is 162 cm³/mol. The van der Waals surface area contributed by atoms with Gasteiger partial charge in [0.05, 0.1) is 18.1 Å². The number of anilines is 1. The predicted octanol–water partition coefficient (Wildman–Crippen LogP) is 0.572. The lowest BCUT2D eigenvalue weighted by molar-refractivity contribution is -0.658. The molecule has 1 fully saturated rings. The zero-order valence-corrected chi connectivity index (χ0v) is 27.6. The van der Waals surface area contributed by atoms with Crippen LogP contribution in [0.4, 0.5) is 5.82 Å². The first-order valence-corrected chi connectivity index (χ1v) is 15.6. The van der Waals surface area contributed by atoms with Gasteiger partial charge in [-0.1, -0.05) is 55.5 Å². The summed E-state index contributed by atoms with van der Waals surface area (Å²) in [5, 5.41) is 2.20. The number of hydrogen-bond donors (Lipinski definition) is 0. The number of imidazole rings is 1. The number of benzene rings is 1. The number of thioether (sulfide) groups is 2. The maximum absolute atomic E-state index is 13.3. The molecule has 0 bridgehead atoms. The summed E-state index contributed by atoms with van der Waals surface area (Å²) < 4.78 is 7.90. The van der Waals surface area contributed by atoms with Crippen LogP contribution in [0.3, 0.4) is 0 Å². The number of fused-ring (bicyclic) bond motifs is 1. The molecule has 206 valence electrons. The van der Waals surface area contributed by atoms with Crippen molar-refractivity contribution >= 4 is 74.1 Å². The van der Waals surface area contributed by atoms with E-state index in [1.807, 2.05) is 37.3 Å². The lowest BCUT2D eigenvalue weighted by atomic mass is 10.3. The molecule has 0 aliphatic carbocycles. The Bertz CT molecular complexity index is 1620. The smallest absolute Gasteiger partial charge is 0.276 e. The Hall–Kier alpha value is -1.87. The highest BCUT2D eigenvalue weighted by atomic mass is 127. The van der Waals surface area contributed by atoms with Crippen LogP contribution in [0.5, 0.6) is 0 Å². The lowest BCUT2D eigenvalue weighted by Gasteiger charge is -2.12. The van der Waals surface area contributed by atoms with Crippen LogP contribution in [-0.2, 0) is 18.4 Å². The zero-order valence-electron chi connectivity index (χ0n) is 22.2. The first kappa shape index (κ1) is 30.1. The van der Waals surface area contributed by atoms with Gasteiger partial charge in [-0.05, 0) is 56.3 Å². The number of hydrogen-bond acceptors (Lipinski definition) is 7. The standard InChI is InChI=1S/C27H30N5O2S4.HI/c1-5-8-16-31-24(34)21(38-27(31)35)25-30(7-3)23(33)19(36-25)14-15-20-29(6-2)22-26(37-20)32(17-28(22)4)18-12-10-9-11-13-18;/h9-15,17H,5-8,16H2,1-4H3;1H/q+1;/p-1/b19-14+,20-15-,25-21+;. The summed E-state index contributed by atoms with van der Waals surface area (Å²) in [5.41, 5.74) is 1.03. The molecule has 5 rings (SSSR count). The van der Waals surface area contributed by atoms with E-state index >= 15 is 0 Å². The van der Waals surface area contributed by atoms with Crippen LogP contribution in [0.2, 0.25) is 0 Å². The number of thiazole rings is 1. The largest absolute Gasteiger partial charge is 1.00 e. The number of aromatic nitrogens is 3. The topological polar surface area (TPSA) is 54.4 Å². The third kappa shape index (κ3) is 5.54. The second-order valence-corrected chi connectivity index (χ2v) is 12.6. The fourth-order valence-electron chi connectivity index (χ4n) is 4.57. The van der Waals surface area contributed by atoms with Crippen LogP contribution in [0, 0.1) is 0 Å². The Morgan fingerprint density at radius 2 is 1.74 bits per heavy atom. The second-order valence-electron chi connectivity index (χ2n) is 8.91. The summed E-state index contributed by atoms with van der Waals surface area (Å²) in [6, 6.07) is 10.3. The number of halogens is 1. The maximum Gasteiger partial charge on any atom is 0.276 e. The van der Waals surface area contributed by atoms with Gasteiger partial charge in [0.15, 0.2) is 6.33 Å². The Morgan fingerprint density at radius 3 is 2.41 bits per heavy atom. The number of aryl methyl sites for hydroxylation is 1. The highest BCUT2D eigenvalue weighted by molar-refractivity contribution is 8.30. The van der Waals surface area contributed by atoms with Crippen molar-refractivity contribution in [3.05, 3.63) is 67.3 Å². The molecule has 1 amide bonds. The minimum atomic E-state index is -0.0915. The molecule has 2 aliphatic heterocycles. The number of amides is 1. The molecule has 12 heteroatoms. The third-order valence-electron chi connectivity index (χ3n) is 6.49. The van der Waals surface area contributed by atoms with E-state index in [9.17, 15) is 9.59 Å². The van der Waals surface area contributed by atoms with Gasteiger partial charge in [-0.25, -0.2) is 9.13 Å². The average Bonchev–Trinajstić information content (AvgIpc) is 3.62. The molecule has 2 aliphatic rings. The van der Waals surface area contributed by atoms with Crippen LogP contribution in [0.15, 0.2) is 57.6 Å². The number of rotatable bonds is 7. The zero-order chi connectivity index (χ0) is 27.0. The molecule has 0 N–H and O–H groups in total. The molecule has 1 aromatic carbocycles. The Morgan fingerprint density at radius 1 is 1.00 bits per heavy atom. The molecular weight excluding hydrogens is 682 g/mol. The summed E-state index contributed by atoms with van der Waals surface area (Å²) in [4.78, 5) is 31.0. The molecule has 7 nitrogen and oxygen atoms in total. The molecule has 0 atom stereocenters. The quantitative estimate of drug-likeness (QED) is 0.203. The van der Waals surface area contributed by atoms with Gasteiger partial charge in [-0.2, -0.15) is 0 Å². The molecule has 3 aromatic rings. The van der Waals surface area contributed by atoms with Crippen LogP contribution in [0.1, 0.15) is 33.6 Å². The minimum Gasteiger partial charge on any atom is -1.00 e. The Labute approximate surface area is 262 Å². The fourth-order valence-corrected chi connectivity index (χ4v) is 8.40. The van der Waals surface area contributed by atoms with E-state index in [0.29, 0.717) is 31.5 Å². The van der Waals surface area contributed by atoms with E-state index in [2.05, 4.69) is 53.4 Å². The SMILES string of the molecule is CCCCN1C(=O)/C(=c2\s/c(=C/C=C3\Sc4c([n+](C)cn4-c4ccccc4)N3CC)c(=O)n2CC)SC1=S.[I-]. The van der Waals surface area contributed by atoms with E-state index in [1.54, 1.807) is 21.2 Å². The number of carbonyl (C=O) groups is 1. The Balaban J connectivity index is 0.00000353. The van der Waals surface area contributed by atoms with E-state index in [1.165, 1.54) is 23.1 Å². The summed E-state index contributed by atoms with van der Waals surface area (Å²) >= 11 is 9.86. The highest BCUT2D eigenvalue weighted by Crippen LogP contribution is 2.45. The lowest BCUT2D eigenvalue weighted by Crippen LogP contribution is -3.00. The van der Waals surface area contributed by atoms with Crippen molar-refractivity contribution in [3.8, 4) is 5.69 Å². The summed E-state index contributed by atoms with van der Waals surface area (Å²) in [6.07, 6.45) is 7.90. The van der Waals surface area contributed by atoms with Gasteiger partial charge in [0.25, 0.3) is 17.3 Å². The van der Waals surface area contributed by atoms with Gasteiger partial charge >= 0.3 is 0 Å². The Kier molecular flexibility index (Phi) is 9.84. The normalized spacial score (nSPS) is 17.9. The van der Waals surface area contributed by atoms with Crippen molar-refractivity contribution in [1.82, 2.24) is 14.0 Å². The molecule has 4 heterocycles. The fraction of sp³-hybridized carbons (Fsp3) is 0.333. The van der Waals surface area contributed by atoms with Crippen molar-refractivity contribution in [1.29, 1.82) is 0 Å². The highest BCUT2D eigenvalue weighted by Gasteiger charge is 2.38. The maximum atomic E-state index is 13.3. The molecule has 0 spiro atoms. The van der Waals surface area contributed by atoms with Crippen molar-refractivity contribution in [2.75, 3.05) is 18.0 Å². The van der Waals surface area contributed by atoms with E-state index in [0.717, 1.165) is 40.9 Å². The monoisotopic (exact) mass is 711 g/mol. The van der Waals surface area contributed by atoms with Gasteiger partial charge in [0.1, 0.15) is 24.6 Å². The molecule has 1 saturated heterocycles. The summed E-state index contributed by atoms with van der Waals surface area (Å²) in [7, 11) is 2.06. The number of carbonyl (C=O) groups excluding carboxylic acids is 1. The van der Waals surface area contributed by atoms with Crippen molar-refractivity contribution in [2.24, 2.45) is 7.05 Å². The number of unbranched alkanes of at least 4 members (excludes halogenated alkanes) is 1. The molecule has 2 aromatic heterocycles. The van der Waals surface area contributed by atoms with Gasteiger partial charge in [-0.15, -0.1) is 11.3 Å². The van der Waals surface area contributed by atoms with Crippen molar-refractivity contribution < 1.29 is 33.3 Å². The second kappa shape index (κ2) is 12.8. The van der Waals surface area contributed by atoms with Crippen molar-refractivity contribution in [3.63, 3.8) is 0 Å². The first-order chi connectivity index (χ1) is 18.4. The molecule has 0 unspecified atom stereocenters. The molecular formula is C27H30IN5O2S4. The van der Waals surface area contributed by atoms with E-state index < -0.39 is 0 Å². The van der Waals surface area contributed by atoms with Gasteiger partial charge in [0.2, 0.25) is 5.03 Å². The van der Waals surface area contributed by atoms with E-state index in [-0.39, 0.29) is 35.4 Å². The molecule has 0 saturated carbocycles. The number of para-hydroxylation sites is 1. The van der Waals surface area contributed by atoms with Gasteiger partial charge in [-0.3, -0.25) is 24.0 Å². The minimum absolute atomic E-state index is 0. The number of thiocarbonyl (C=S) groups is 1. The van der Waals surface area contributed by atoms with Crippen LogP contribution >= 0.6 is 47.1 Å². The number of allylic oxidation sites excluding steroid dienone is 1. The summed E-state index contributed by atoms with van der Waals surface area (Å²) in [6.45, 7) is 8.06. The molecule has 39 heavy (non-hydrogen) atoms. The van der Waals surface area contributed by atoms with Crippen LogP contribution in [0.25, 0.3) is 16.7 Å². The van der Waals surface area contributed by atoms with Crippen LogP contribution < -0.4 is 48.2 Å². The third-order valence-corrected chi connectivity index (χ3v) is 10.3. The van der Waals surface area contributed by atoms with E-state index in [4.69, 9.17) is 12.2 Å². The van der Waals surface area contributed by atoms with Gasteiger partial charge < -0.3 is 24.0 Å². The first-order valence-electron chi connectivity index (χ1n) is 12.7. The summed E-state index contributed by atoms with van der Waals surface area (Å²) in [5.74, 6) is 1.04. The van der Waals surface area contributed by atoms with Crippen LogP contribution in [-0.4, -0.2) is 37.4 Å². The number of nitrogens with zero attached hydrogens (tertiary/aromatic N) is 5. The van der Waals surface area contributed by atoms with Crippen molar-refractivity contribution in [2.45, 2.75) is 45.2 Å².